The summed E-state index contributed by atoms with van der Waals surface area (Å²) in [5, 5.41) is 3.38. The Labute approximate surface area is 139 Å². The van der Waals surface area contributed by atoms with Gasteiger partial charge in [-0.2, -0.15) is 0 Å². The largest absolute Gasteiger partial charge is 0.302 e. The maximum absolute atomic E-state index is 12.9. The van der Waals surface area contributed by atoms with E-state index in [1.807, 2.05) is 18.3 Å². The number of nitrogens with one attached hydrogen (secondary N) is 1. The topological polar surface area (TPSA) is 45.2 Å². The van der Waals surface area contributed by atoms with E-state index < -0.39 is 0 Å². The number of aromatic nitrogens is 1. The third-order valence-electron chi connectivity index (χ3n) is 4.02. The number of carbonyl (C=O) groups is 1. The van der Waals surface area contributed by atoms with E-state index in [2.05, 4.69) is 15.2 Å². The lowest BCUT2D eigenvalue weighted by molar-refractivity contribution is -0.114. The summed E-state index contributed by atoms with van der Waals surface area (Å²) in [6.45, 7) is 4.47. The summed E-state index contributed by atoms with van der Waals surface area (Å²) >= 11 is 1.53. The Morgan fingerprint density at radius 1 is 1.43 bits per heavy atom. The third-order valence-corrected chi connectivity index (χ3v) is 4.92. The van der Waals surface area contributed by atoms with E-state index in [-0.39, 0.29) is 11.7 Å². The van der Waals surface area contributed by atoms with Gasteiger partial charge in [-0.25, -0.2) is 9.37 Å². The number of anilines is 1. The van der Waals surface area contributed by atoms with Crippen molar-refractivity contribution in [2.24, 2.45) is 5.92 Å². The first kappa shape index (κ1) is 16.1. The second-order valence-electron chi connectivity index (χ2n) is 6.03. The Kier molecular flexibility index (Phi) is 5.03. The van der Waals surface area contributed by atoms with E-state index in [1.165, 1.54) is 36.0 Å². The quantitative estimate of drug-likeness (QED) is 0.913. The van der Waals surface area contributed by atoms with Gasteiger partial charge in [-0.1, -0.05) is 12.1 Å². The smallest absolute Gasteiger partial charge is 0.223 e. The lowest BCUT2D eigenvalue weighted by atomic mass is 9.99. The van der Waals surface area contributed by atoms with Gasteiger partial charge in [0, 0.05) is 31.1 Å². The number of hydrogen-bond donors (Lipinski definition) is 1. The fourth-order valence-corrected chi connectivity index (χ4v) is 3.89. The van der Waals surface area contributed by atoms with Gasteiger partial charge in [-0.15, -0.1) is 11.3 Å². The van der Waals surface area contributed by atoms with Gasteiger partial charge in [0.15, 0.2) is 5.13 Å². The van der Waals surface area contributed by atoms with E-state index in [0.29, 0.717) is 11.0 Å². The zero-order valence-corrected chi connectivity index (χ0v) is 13.9. The average molecular weight is 333 g/mol. The minimum absolute atomic E-state index is 0.0913. The Morgan fingerprint density at radius 3 is 2.96 bits per heavy atom. The van der Waals surface area contributed by atoms with E-state index in [4.69, 9.17) is 0 Å². The highest BCUT2D eigenvalue weighted by molar-refractivity contribution is 7.15. The molecule has 4 nitrogen and oxygen atoms in total. The average Bonchev–Trinajstić information content (AvgIpc) is 3.11. The zero-order valence-electron chi connectivity index (χ0n) is 13.1. The Morgan fingerprint density at radius 2 is 2.22 bits per heavy atom. The second-order valence-corrected chi connectivity index (χ2v) is 7.15. The molecule has 0 aliphatic carbocycles. The molecule has 2 aromatic rings. The van der Waals surface area contributed by atoms with Gasteiger partial charge >= 0.3 is 0 Å². The van der Waals surface area contributed by atoms with Crippen molar-refractivity contribution in [2.45, 2.75) is 26.3 Å². The molecule has 0 saturated carbocycles. The number of amides is 1. The molecular formula is C17H20FN3OS. The lowest BCUT2D eigenvalue weighted by Gasteiger charge is -2.14. The van der Waals surface area contributed by atoms with Crippen molar-refractivity contribution in [1.82, 2.24) is 9.88 Å². The first-order valence-electron chi connectivity index (χ1n) is 7.77. The maximum atomic E-state index is 12.9. The second kappa shape index (κ2) is 7.19. The monoisotopic (exact) mass is 333 g/mol. The molecule has 122 valence electrons. The minimum Gasteiger partial charge on any atom is -0.302 e. The number of carbonyl (C=O) groups excluding carboxylic acids is 1. The predicted molar refractivity (Wildman–Crippen MR) is 89.9 cm³/mol. The zero-order chi connectivity index (χ0) is 16.2. The van der Waals surface area contributed by atoms with Crippen molar-refractivity contribution in [1.29, 1.82) is 0 Å². The van der Waals surface area contributed by atoms with Crippen LogP contribution in [0.5, 0.6) is 0 Å². The first-order valence-corrected chi connectivity index (χ1v) is 8.59. The first-order chi connectivity index (χ1) is 11.1. The van der Waals surface area contributed by atoms with Crippen molar-refractivity contribution >= 4 is 22.4 Å². The molecule has 1 aromatic heterocycles. The molecule has 1 fully saturated rings. The Hall–Kier alpha value is -1.79. The van der Waals surface area contributed by atoms with Gasteiger partial charge in [0.25, 0.3) is 0 Å². The van der Waals surface area contributed by atoms with Crippen LogP contribution in [0.15, 0.2) is 30.5 Å². The maximum Gasteiger partial charge on any atom is 0.223 e. The normalized spacial score (nSPS) is 18.3. The molecule has 1 atom stereocenters. The highest BCUT2D eigenvalue weighted by Gasteiger charge is 2.23. The summed E-state index contributed by atoms with van der Waals surface area (Å²) < 4.78 is 12.9. The van der Waals surface area contributed by atoms with Gasteiger partial charge in [0.2, 0.25) is 5.91 Å². The summed E-state index contributed by atoms with van der Waals surface area (Å²) in [4.78, 5) is 18.8. The number of thiazole rings is 1. The van der Waals surface area contributed by atoms with Gasteiger partial charge in [0.1, 0.15) is 5.82 Å². The van der Waals surface area contributed by atoms with Crippen LogP contribution in [0.1, 0.15) is 23.8 Å². The molecule has 2 heterocycles. The lowest BCUT2D eigenvalue weighted by Crippen LogP contribution is -2.20. The molecule has 1 amide bonds. The SMILES string of the molecule is CC(=O)Nc1ncc(CN2CC[C@H](Cc3ccc(F)cc3)C2)s1. The van der Waals surface area contributed by atoms with E-state index in [0.717, 1.165) is 37.4 Å². The van der Waals surface area contributed by atoms with Gasteiger partial charge in [-0.3, -0.25) is 9.69 Å². The number of hydrogen-bond acceptors (Lipinski definition) is 4. The summed E-state index contributed by atoms with van der Waals surface area (Å²) in [5.74, 6) is 0.344. The van der Waals surface area contributed by atoms with Crippen molar-refractivity contribution in [3.63, 3.8) is 0 Å². The van der Waals surface area contributed by atoms with Crippen molar-refractivity contribution in [2.75, 3.05) is 18.4 Å². The number of nitrogens with zero attached hydrogens (tertiary/aromatic N) is 2. The standard InChI is InChI=1S/C17H20FN3OS/c1-12(22)20-17-19-9-16(23-17)11-21-7-6-14(10-21)8-13-2-4-15(18)5-3-13/h2-5,9,14H,6-8,10-11H2,1H3,(H,19,20,22)/t14-/m1/s1. The molecule has 0 bridgehead atoms. The van der Waals surface area contributed by atoms with Crippen LogP contribution in [0.25, 0.3) is 0 Å². The molecule has 23 heavy (non-hydrogen) atoms. The molecule has 0 spiro atoms. The summed E-state index contributed by atoms with van der Waals surface area (Å²) in [6.07, 6.45) is 3.99. The summed E-state index contributed by atoms with van der Waals surface area (Å²) in [5.41, 5.74) is 1.20. The number of rotatable bonds is 5. The Bertz CT molecular complexity index is 671. The highest BCUT2D eigenvalue weighted by atomic mass is 32.1. The van der Waals surface area contributed by atoms with E-state index in [9.17, 15) is 9.18 Å². The predicted octanol–water partition coefficient (Wildman–Crippen LogP) is 3.31. The Balaban J connectivity index is 1.50. The molecule has 6 heteroatoms. The summed E-state index contributed by atoms with van der Waals surface area (Å²) in [7, 11) is 0. The van der Waals surface area contributed by atoms with Crippen molar-refractivity contribution in [3.05, 3.63) is 46.7 Å². The van der Waals surface area contributed by atoms with Crippen molar-refractivity contribution < 1.29 is 9.18 Å². The van der Waals surface area contributed by atoms with E-state index >= 15 is 0 Å². The van der Waals surface area contributed by atoms with Gasteiger partial charge < -0.3 is 5.32 Å². The van der Waals surface area contributed by atoms with Crippen LogP contribution in [0.2, 0.25) is 0 Å². The fraction of sp³-hybridized carbons (Fsp3) is 0.412. The molecule has 3 rings (SSSR count). The molecule has 0 unspecified atom stereocenters. The van der Waals surface area contributed by atoms with E-state index in [1.54, 1.807) is 0 Å². The van der Waals surface area contributed by atoms with Crippen LogP contribution in [0.4, 0.5) is 9.52 Å². The van der Waals surface area contributed by atoms with Gasteiger partial charge in [0.05, 0.1) is 0 Å². The molecular weight excluding hydrogens is 313 g/mol. The summed E-state index contributed by atoms with van der Waals surface area (Å²) in [6, 6.07) is 6.81. The van der Waals surface area contributed by atoms with Crippen LogP contribution in [0.3, 0.4) is 0 Å². The molecule has 0 radical (unpaired) electrons. The number of benzene rings is 1. The van der Waals surface area contributed by atoms with Crippen LogP contribution < -0.4 is 5.32 Å². The molecule has 1 aromatic carbocycles. The van der Waals surface area contributed by atoms with Crippen LogP contribution in [-0.2, 0) is 17.8 Å². The molecule has 1 aliphatic rings. The molecule has 1 saturated heterocycles. The minimum atomic E-state index is -0.179. The van der Waals surface area contributed by atoms with Gasteiger partial charge in [-0.05, 0) is 43.0 Å². The van der Waals surface area contributed by atoms with Crippen LogP contribution in [0, 0.1) is 11.7 Å². The van der Waals surface area contributed by atoms with Crippen LogP contribution >= 0.6 is 11.3 Å². The van der Waals surface area contributed by atoms with Crippen molar-refractivity contribution in [3.8, 4) is 0 Å². The third kappa shape index (κ3) is 4.59. The van der Waals surface area contributed by atoms with Crippen LogP contribution in [-0.4, -0.2) is 28.9 Å². The highest BCUT2D eigenvalue weighted by Crippen LogP contribution is 2.25. The molecule has 1 N–H and O–H groups in total. The molecule has 1 aliphatic heterocycles. The fourth-order valence-electron chi connectivity index (χ4n) is 2.99. The number of halogens is 1. The number of likely N-dealkylation sites (tertiary alicyclic amines) is 1.